The largest absolute Gasteiger partial charge is 0.351 e. The van der Waals surface area contributed by atoms with Gasteiger partial charge in [-0.2, -0.15) is 5.10 Å². The summed E-state index contributed by atoms with van der Waals surface area (Å²) < 4.78 is 29.7. The van der Waals surface area contributed by atoms with E-state index in [1.54, 1.807) is 23.0 Å². The van der Waals surface area contributed by atoms with E-state index in [-0.39, 0.29) is 29.8 Å². The number of nitrogens with zero attached hydrogens (tertiary/aromatic N) is 3. The number of rotatable bonds is 8. The first-order chi connectivity index (χ1) is 15.1. The highest BCUT2D eigenvalue weighted by Crippen LogP contribution is 2.21. The molecule has 0 bridgehead atoms. The van der Waals surface area contributed by atoms with E-state index in [4.69, 9.17) is 0 Å². The number of halogens is 1. The lowest BCUT2D eigenvalue weighted by Gasteiger charge is -2.11. The van der Waals surface area contributed by atoms with Gasteiger partial charge in [-0.1, -0.05) is 30.3 Å². The fraction of sp³-hybridized carbons (Fsp3) is 0.130. The summed E-state index contributed by atoms with van der Waals surface area (Å²) in [5.74, 6) is 0.124. The second kappa shape index (κ2) is 9.53. The van der Waals surface area contributed by atoms with Crippen LogP contribution in [0.25, 0.3) is 11.5 Å². The monoisotopic (exact) mass is 436 g/mol. The summed E-state index contributed by atoms with van der Waals surface area (Å²) in [6.07, 6.45) is 5.48. The minimum absolute atomic E-state index is 0.142. The predicted molar refractivity (Wildman–Crippen MR) is 118 cm³/mol. The fourth-order valence-corrected chi connectivity index (χ4v) is 4.30. The molecule has 2 aromatic carbocycles. The van der Waals surface area contributed by atoms with Gasteiger partial charge in [0.2, 0.25) is 5.91 Å². The van der Waals surface area contributed by atoms with E-state index in [9.17, 15) is 13.4 Å². The first kappa shape index (κ1) is 20.7. The molecule has 6 nitrogen and oxygen atoms in total. The van der Waals surface area contributed by atoms with Crippen molar-refractivity contribution in [2.24, 2.45) is 0 Å². The van der Waals surface area contributed by atoms with E-state index in [2.05, 4.69) is 10.4 Å². The topological polar surface area (TPSA) is 68.9 Å². The summed E-state index contributed by atoms with van der Waals surface area (Å²) in [6.45, 7) is 0.189. The van der Waals surface area contributed by atoms with Crippen LogP contribution in [0, 0.1) is 5.82 Å². The third-order valence-corrected chi connectivity index (χ3v) is 5.87. The van der Waals surface area contributed by atoms with Gasteiger partial charge in [0, 0.05) is 35.3 Å². The number of para-hydroxylation sites is 1. The molecule has 0 aliphatic rings. The lowest BCUT2D eigenvalue weighted by atomic mass is 10.2. The zero-order valence-electron chi connectivity index (χ0n) is 16.6. The smallest absolute Gasteiger partial charge is 0.232 e. The molecule has 2 aromatic heterocycles. The molecule has 0 saturated heterocycles. The summed E-state index contributed by atoms with van der Waals surface area (Å²) in [4.78, 5) is 12.2. The number of carbonyl (C=O) groups is 1. The van der Waals surface area contributed by atoms with Gasteiger partial charge in [0.25, 0.3) is 0 Å². The lowest BCUT2D eigenvalue weighted by Crippen LogP contribution is -2.28. The maximum absolute atomic E-state index is 13.3. The molecule has 0 saturated carbocycles. The average molecular weight is 437 g/mol. The SMILES string of the molecule is O=C(C[S@](=O)Cc1cnn(-c2ccccc2)c1-n1cccc1)NCc1cccc(F)c1. The normalized spacial score (nSPS) is 11.9. The Morgan fingerprint density at radius 1 is 1.03 bits per heavy atom. The Labute approximate surface area is 181 Å². The summed E-state index contributed by atoms with van der Waals surface area (Å²) >= 11 is 0. The molecule has 0 aliphatic carbocycles. The van der Waals surface area contributed by atoms with Gasteiger partial charge in [0.1, 0.15) is 17.4 Å². The van der Waals surface area contributed by atoms with E-state index < -0.39 is 10.8 Å². The van der Waals surface area contributed by atoms with Gasteiger partial charge in [-0.15, -0.1) is 0 Å². The fourth-order valence-electron chi connectivity index (χ4n) is 3.26. The van der Waals surface area contributed by atoms with Crippen LogP contribution in [0.2, 0.25) is 0 Å². The summed E-state index contributed by atoms with van der Waals surface area (Å²) in [5, 5.41) is 7.18. The van der Waals surface area contributed by atoms with Gasteiger partial charge < -0.3 is 9.88 Å². The van der Waals surface area contributed by atoms with E-state index >= 15 is 0 Å². The van der Waals surface area contributed by atoms with Gasteiger partial charge >= 0.3 is 0 Å². The Kier molecular flexibility index (Phi) is 6.37. The molecular formula is C23H21FN4O2S. The van der Waals surface area contributed by atoms with Crippen LogP contribution in [0.1, 0.15) is 11.1 Å². The third-order valence-electron chi connectivity index (χ3n) is 4.65. The zero-order valence-corrected chi connectivity index (χ0v) is 17.5. The van der Waals surface area contributed by atoms with E-state index in [1.807, 2.05) is 59.4 Å². The van der Waals surface area contributed by atoms with Crippen LogP contribution in [0.4, 0.5) is 4.39 Å². The van der Waals surface area contributed by atoms with Crippen LogP contribution < -0.4 is 5.32 Å². The minimum atomic E-state index is -1.43. The van der Waals surface area contributed by atoms with Crippen molar-refractivity contribution < 1.29 is 13.4 Å². The lowest BCUT2D eigenvalue weighted by molar-refractivity contribution is -0.118. The number of aromatic nitrogens is 3. The molecule has 8 heteroatoms. The molecule has 158 valence electrons. The van der Waals surface area contributed by atoms with Crippen molar-refractivity contribution in [2.75, 3.05) is 5.75 Å². The molecule has 4 aromatic rings. The first-order valence-electron chi connectivity index (χ1n) is 9.72. The molecule has 1 amide bonds. The maximum atomic E-state index is 13.3. The van der Waals surface area contributed by atoms with Crippen molar-refractivity contribution >= 4 is 16.7 Å². The molecule has 0 radical (unpaired) electrons. The van der Waals surface area contributed by atoms with E-state index in [0.717, 1.165) is 17.1 Å². The summed E-state index contributed by atoms with van der Waals surface area (Å²) in [5.41, 5.74) is 2.31. The van der Waals surface area contributed by atoms with Crippen molar-refractivity contribution in [3.05, 3.63) is 102 Å². The van der Waals surface area contributed by atoms with Gasteiger partial charge in [0.15, 0.2) is 0 Å². The third kappa shape index (κ3) is 5.16. The molecule has 4 rings (SSSR count). The Hall–Kier alpha value is -3.52. The number of hydrogen-bond donors (Lipinski definition) is 1. The number of benzene rings is 2. The Bertz CT molecular complexity index is 1190. The van der Waals surface area contributed by atoms with Crippen molar-refractivity contribution in [1.29, 1.82) is 0 Å². The maximum Gasteiger partial charge on any atom is 0.232 e. The second-order valence-electron chi connectivity index (χ2n) is 6.97. The quantitative estimate of drug-likeness (QED) is 0.461. The van der Waals surface area contributed by atoms with Crippen LogP contribution in [0.3, 0.4) is 0 Å². The average Bonchev–Trinajstić information content (AvgIpc) is 3.42. The first-order valence-corrected chi connectivity index (χ1v) is 11.2. The van der Waals surface area contributed by atoms with Crippen molar-refractivity contribution in [3.8, 4) is 11.5 Å². The van der Waals surface area contributed by atoms with Gasteiger partial charge in [-0.05, 0) is 42.0 Å². The zero-order chi connectivity index (χ0) is 21.6. The molecule has 0 fully saturated rings. The van der Waals surface area contributed by atoms with Crippen LogP contribution >= 0.6 is 0 Å². The number of hydrogen-bond acceptors (Lipinski definition) is 3. The molecule has 1 N–H and O–H groups in total. The van der Waals surface area contributed by atoms with Gasteiger partial charge in [-0.25, -0.2) is 9.07 Å². The number of nitrogens with one attached hydrogen (secondary N) is 1. The van der Waals surface area contributed by atoms with Crippen molar-refractivity contribution in [2.45, 2.75) is 12.3 Å². The van der Waals surface area contributed by atoms with Crippen LogP contribution in [-0.2, 0) is 27.9 Å². The highest BCUT2D eigenvalue weighted by atomic mass is 32.2. The highest BCUT2D eigenvalue weighted by molar-refractivity contribution is 7.84. The van der Waals surface area contributed by atoms with Gasteiger partial charge in [0.05, 0.1) is 17.6 Å². The van der Waals surface area contributed by atoms with E-state index in [0.29, 0.717) is 5.56 Å². The molecule has 31 heavy (non-hydrogen) atoms. The van der Waals surface area contributed by atoms with Crippen molar-refractivity contribution in [3.63, 3.8) is 0 Å². The van der Waals surface area contributed by atoms with Crippen LogP contribution in [0.15, 0.2) is 85.3 Å². The Balaban J connectivity index is 1.46. The molecule has 2 heterocycles. The number of amides is 1. The second-order valence-corrected chi connectivity index (χ2v) is 8.42. The molecule has 0 spiro atoms. The summed E-state index contributed by atoms with van der Waals surface area (Å²) in [6, 6.07) is 19.5. The molecular weight excluding hydrogens is 415 g/mol. The van der Waals surface area contributed by atoms with Crippen LogP contribution in [-0.4, -0.2) is 30.2 Å². The molecule has 0 unspecified atom stereocenters. The standard InChI is InChI=1S/C23H21FN4O2S/c24-20-8-6-7-18(13-20)14-25-22(29)17-31(30)16-19-15-26-28(21-9-2-1-3-10-21)23(19)27-11-4-5-12-27/h1-13,15H,14,16-17H2,(H,25,29)/t31-/m1/s1. The molecule has 0 aliphatic heterocycles. The Morgan fingerprint density at radius 2 is 1.81 bits per heavy atom. The highest BCUT2D eigenvalue weighted by Gasteiger charge is 2.17. The summed E-state index contributed by atoms with van der Waals surface area (Å²) in [7, 11) is -1.43. The van der Waals surface area contributed by atoms with E-state index in [1.165, 1.54) is 12.1 Å². The van der Waals surface area contributed by atoms with Crippen LogP contribution in [0.5, 0.6) is 0 Å². The minimum Gasteiger partial charge on any atom is -0.351 e. The molecule has 1 atom stereocenters. The van der Waals surface area contributed by atoms with Crippen molar-refractivity contribution in [1.82, 2.24) is 19.7 Å². The van der Waals surface area contributed by atoms with Gasteiger partial charge in [-0.3, -0.25) is 9.00 Å². The number of carbonyl (C=O) groups excluding carboxylic acids is 1. The predicted octanol–water partition coefficient (Wildman–Crippen LogP) is 3.37. The Morgan fingerprint density at radius 3 is 2.55 bits per heavy atom.